The zero-order valence-corrected chi connectivity index (χ0v) is 11.0. The monoisotopic (exact) mass is 271 g/mol. The van der Waals surface area contributed by atoms with E-state index < -0.39 is 18.7 Å². The fourth-order valence-electron chi connectivity index (χ4n) is 1.82. The number of hydrogen-bond donors (Lipinski definition) is 2. The van der Waals surface area contributed by atoms with Crippen molar-refractivity contribution in [1.82, 2.24) is 0 Å². The number of methoxy groups -OCH3 is 2. The molecule has 0 fully saturated rings. The predicted octanol–water partition coefficient (Wildman–Crippen LogP) is 2.04. The molecule has 1 aromatic rings. The lowest BCUT2D eigenvalue weighted by atomic mass is 9.99. The van der Waals surface area contributed by atoms with Crippen molar-refractivity contribution in [2.24, 2.45) is 5.73 Å². The van der Waals surface area contributed by atoms with Crippen LogP contribution >= 0.6 is 0 Å². The van der Waals surface area contributed by atoms with Gasteiger partial charge in [-0.1, -0.05) is 0 Å². The van der Waals surface area contributed by atoms with Crippen LogP contribution < -0.4 is 15.2 Å². The van der Waals surface area contributed by atoms with Gasteiger partial charge in [-0.25, -0.2) is 4.39 Å². The molecule has 0 aliphatic carbocycles. The van der Waals surface area contributed by atoms with Crippen LogP contribution in [0.15, 0.2) is 12.1 Å². The summed E-state index contributed by atoms with van der Waals surface area (Å²) in [6.45, 7) is -0.689. The first-order chi connectivity index (χ1) is 9.03. The number of alkyl halides is 1. The number of halogens is 1. The average molecular weight is 271 g/mol. The molecule has 106 valence electrons. The minimum absolute atomic E-state index is 0.0543. The second-order valence-corrected chi connectivity index (χ2v) is 4.08. The van der Waals surface area contributed by atoms with Crippen molar-refractivity contribution in [3.8, 4) is 11.5 Å². The Morgan fingerprint density at radius 1 is 1.37 bits per heavy atom. The molecule has 0 bridgehead atoms. The van der Waals surface area contributed by atoms with Crippen LogP contribution in [0.4, 0.5) is 4.39 Å². The zero-order valence-electron chi connectivity index (χ0n) is 11.0. The first kappa shape index (κ1) is 15.2. The first-order valence-electron chi connectivity index (χ1n) is 5.81. The van der Waals surface area contributed by atoms with Gasteiger partial charge in [-0.2, -0.15) is 0 Å². The Labute approximate surface area is 111 Å². The molecule has 6 heteroatoms. The van der Waals surface area contributed by atoms with Gasteiger partial charge in [-0.05, 0) is 12.5 Å². The summed E-state index contributed by atoms with van der Waals surface area (Å²) < 4.78 is 23.2. The number of carboxylic acid groups (broad SMARTS) is 1. The Hall–Kier alpha value is -1.82. The lowest BCUT2D eigenvalue weighted by molar-refractivity contribution is -0.137. The summed E-state index contributed by atoms with van der Waals surface area (Å²) in [6.07, 6.45) is 0.199. The van der Waals surface area contributed by atoms with Crippen molar-refractivity contribution < 1.29 is 23.8 Å². The lowest BCUT2D eigenvalue weighted by Gasteiger charge is -2.18. The number of carboxylic acids is 1. The van der Waals surface area contributed by atoms with Crippen molar-refractivity contribution in [2.45, 2.75) is 25.6 Å². The topological polar surface area (TPSA) is 81.8 Å². The highest BCUT2D eigenvalue weighted by atomic mass is 19.1. The molecular weight excluding hydrogens is 253 g/mol. The van der Waals surface area contributed by atoms with Gasteiger partial charge in [0.25, 0.3) is 0 Å². The summed E-state index contributed by atoms with van der Waals surface area (Å²) in [5.74, 6) is -0.0749. The minimum Gasteiger partial charge on any atom is -0.496 e. The third-order valence-electron chi connectivity index (χ3n) is 2.85. The normalized spacial score (nSPS) is 12.0. The van der Waals surface area contributed by atoms with E-state index in [1.807, 2.05) is 0 Å². The van der Waals surface area contributed by atoms with Crippen molar-refractivity contribution >= 4 is 5.97 Å². The highest BCUT2D eigenvalue weighted by Gasteiger charge is 2.17. The van der Waals surface area contributed by atoms with E-state index in [-0.39, 0.29) is 12.8 Å². The van der Waals surface area contributed by atoms with Crippen LogP contribution in [0, 0.1) is 0 Å². The third-order valence-corrected chi connectivity index (χ3v) is 2.85. The van der Waals surface area contributed by atoms with Gasteiger partial charge in [0.05, 0.1) is 14.2 Å². The molecule has 5 nitrogen and oxygen atoms in total. The van der Waals surface area contributed by atoms with Gasteiger partial charge < -0.3 is 20.3 Å². The maximum atomic E-state index is 12.9. The Morgan fingerprint density at radius 2 is 2.00 bits per heavy atom. The van der Waals surface area contributed by atoms with Crippen molar-refractivity contribution in [3.05, 3.63) is 23.3 Å². The van der Waals surface area contributed by atoms with Gasteiger partial charge in [-0.3, -0.25) is 4.79 Å². The Balaban J connectivity index is 3.06. The zero-order chi connectivity index (χ0) is 14.4. The van der Waals surface area contributed by atoms with Gasteiger partial charge in [0, 0.05) is 29.7 Å². The molecule has 0 radical (unpaired) electrons. The molecule has 0 saturated carbocycles. The van der Waals surface area contributed by atoms with Crippen molar-refractivity contribution in [2.75, 3.05) is 14.2 Å². The summed E-state index contributed by atoms with van der Waals surface area (Å²) >= 11 is 0. The smallest absolute Gasteiger partial charge is 0.303 e. The molecule has 1 aromatic carbocycles. The maximum Gasteiger partial charge on any atom is 0.303 e. The minimum atomic E-state index is -0.923. The van der Waals surface area contributed by atoms with Crippen LogP contribution in [0.1, 0.15) is 30.0 Å². The molecule has 19 heavy (non-hydrogen) atoms. The molecule has 0 heterocycles. The summed E-state index contributed by atoms with van der Waals surface area (Å²) in [4.78, 5) is 10.5. The number of rotatable bonds is 7. The number of ether oxygens (including phenoxy) is 2. The quantitative estimate of drug-likeness (QED) is 0.793. The molecule has 0 aliphatic heterocycles. The van der Waals surface area contributed by atoms with Crippen LogP contribution in [-0.2, 0) is 11.5 Å². The summed E-state index contributed by atoms with van der Waals surface area (Å²) in [7, 11) is 2.91. The van der Waals surface area contributed by atoms with Crippen LogP contribution in [0.25, 0.3) is 0 Å². The van der Waals surface area contributed by atoms with Gasteiger partial charge in [0.2, 0.25) is 0 Å². The Morgan fingerprint density at radius 3 is 2.47 bits per heavy atom. The van der Waals surface area contributed by atoms with E-state index in [9.17, 15) is 9.18 Å². The van der Waals surface area contributed by atoms with Crippen molar-refractivity contribution in [1.29, 1.82) is 0 Å². The molecule has 0 saturated heterocycles. The predicted molar refractivity (Wildman–Crippen MR) is 68.2 cm³/mol. The van der Waals surface area contributed by atoms with Crippen LogP contribution in [0.3, 0.4) is 0 Å². The highest BCUT2D eigenvalue weighted by Crippen LogP contribution is 2.34. The number of carbonyl (C=O) groups is 1. The Kier molecular flexibility index (Phi) is 5.57. The number of benzene rings is 1. The number of aliphatic carboxylic acids is 1. The molecule has 3 N–H and O–H groups in total. The van der Waals surface area contributed by atoms with E-state index in [4.69, 9.17) is 20.3 Å². The lowest BCUT2D eigenvalue weighted by Crippen LogP contribution is -2.14. The van der Waals surface area contributed by atoms with Crippen LogP contribution in [-0.4, -0.2) is 25.3 Å². The summed E-state index contributed by atoms with van der Waals surface area (Å²) in [6, 6.07) is 2.59. The molecule has 0 aromatic heterocycles. The standard InChI is InChI=1S/C13H18FNO4/c1-18-11-6-12(19-2)9(5-8(11)7-14)10(15)3-4-13(16)17/h5-6,10H,3-4,7,15H2,1-2H3,(H,16,17). The summed E-state index contributed by atoms with van der Waals surface area (Å²) in [5.41, 5.74) is 6.87. The van der Waals surface area contributed by atoms with Crippen molar-refractivity contribution in [3.63, 3.8) is 0 Å². The van der Waals surface area contributed by atoms with Gasteiger partial charge >= 0.3 is 5.97 Å². The van der Waals surface area contributed by atoms with E-state index >= 15 is 0 Å². The fraction of sp³-hybridized carbons (Fsp3) is 0.462. The van der Waals surface area contributed by atoms with E-state index in [0.29, 0.717) is 22.6 Å². The van der Waals surface area contributed by atoms with Gasteiger partial charge in [0.15, 0.2) is 0 Å². The van der Waals surface area contributed by atoms with Crippen LogP contribution in [0.2, 0.25) is 0 Å². The first-order valence-corrected chi connectivity index (χ1v) is 5.81. The molecule has 0 spiro atoms. The van der Waals surface area contributed by atoms with Gasteiger partial charge in [-0.15, -0.1) is 0 Å². The maximum absolute atomic E-state index is 12.9. The Bertz CT molecular complexity index is 451. The van der Waals surface area contributed by atoms with E-state index in [1.54, 1.807) is 12.1 Å². The van der Waals surface area contributed by atoms with E-state index in [1.165, 1.54) is 14.2 Å². The van der Waals surface area contributed by atoms with E-state index in [0.717, 1.165) is 0 Å². The largest absolute Gasteiger partial charge is 0.496 e. The number of nitrogens with two attached hydrogens (primary N) is 1. The fourth-order valence-corrected chi connectivity index (χ4v) is 1.82. The average Bonchev–Trinajstić information content (AvgIpc) is 2.42. The highest BCUT2D eigenvalue weighted by molar-refractivity contribution is 5.66. The van der Waals surface area contributed by atoms with Crippen LogP contribution in [0.5, 0.6) is 11.5 Å². The SMILES string of the molecule is COc1cc(OC)c(C(N)CCC(=O)O)cc1CF. The second kappa shape index (κ2) is 6.94. The molecule has 1 rings (SSSR count). The molecule has 1 atom stereocenters. The van der Waals surface area contributed by atoms with E-state index in [2.05, 4.69) is 0 Å². The molecular formula is C13H18FNO4. The molecule has 0 amide bonds. The second-order valence-electron chi connectivity index (χ2n) is 4.08. The molecule has 0 aliphatic rings. The number of hydrogen-bond acceptors (Lipinski definition) is 4. The van der Waals surface area contributed by atoms with Gasteiger partial charge in [0.1, 0.15) is 18.2 Å². The molecule has 1 unspecified atom stereocenters. The summed E-state index contributed by atoms with van der Waals surface area (Å²) in [5, 5.41) is 8.65. The third kappa shape index (κ3) is 3.82.